The number of hydrogen-bond acceptors (Lipinski definition) is 5. The van der Waals surface area contributed by atoms with Gasteiger partial charge in [-0.1, -0.05) is 6.07 Å². The number of nitrogens with zero attached hydrogens (tertiary/aromatic N) is 1. The third kappa shape index (κ3) is 4.95. The van der Waals surface area contributed by atoms with Crippen molar-refractivity contribution in [1.82, 2.24) is 4.90 Å². The third-order valence-corrected chi connectivity index (χ3v) is 6.65. The van der Waals surface area contributed by atoms with E-state index in [0.29, 0.717) is 31.0 Å². The van der Waals surface area contributed by atoms with Crippen molar-refractivity contribution in [2.45, 2.75) is 42.6 Å². The molecule has 0 spiro atoms. The summed E-state index contributed by atoms with van der Waals surface area (Å²) in [5.74, 6) is -1.05. The fourth-order valence-corrected chi connectivity index (χ4v) is 4.71. The molecule has 3 unspecified atom stereocenters. The van der Waals surface area contributed by atoms with Gasteiger partial charge in [0.1, 0.15) is 17.7 Å². The molecule has 0 bridgehead atoms. The Bertz CT molecular complexity index is 1020. The third-order valence-electron chi connectivity index (χ3n) is 5.54. The summed E-state index contributed by atoms with van der Waals surface area (Å²) in [5, 5.41) is 0. The maximum Gasteiger partial charge on any atom is 0.175 e. The molecule has 0 saturated carbocycles. The van der Waals surface area contributed by atoms with Crippen LogP contribution in [0.1, 0.15) is 29.2 Å². The van der Waals surface area contributed by atoms with Gasteiger partial charge in [-0.2, -0.15) is 0 Å². The summed E-state index contributed by atoms with van der Waals surface area (Å²) in [4.78, 5) is 2.50. The lowest BCUT2D eigenvalue weighted by atomic mass is 9.93. The minimum Gasteiger partial charge on any atom is -0.370 e. The molecule has 0 amide bonds. The highest BCUT2D eigenvalue weighted by molar-refractivity contribution is 7.90. The molecule has 2 aliphatic heterocycles. The van der Waals surface area contributed by atoms with E-state index in [9.17, 15) is 17.2 Å². The predicted molar refractivity (Wildman–Crippen MR) is 115 cm³/mol. The van der Waals surface area contributed by atoms with E-state index in [4.69, 9.17) is 10.5 Å². The lowest BCUT2D eigenvalue weighted by Gasteiger charge is -2.38. The van der Waals surface area contributed by atoms with Crippen LogP contribution in [-0.4, -0.2) is 38.3 Å². The van der Waals surface area contributed by atoms with Crippen molar-refractivity contribution in [3.8, 4) is 0 Å². The fraction of sp³-hybridized carbons (Fsp3) is 0.400. The minimum atomic E-state index is -3.25. The van der Waals surface area contributed by atoms with E-state index in [1.54, 1.807) is 12.1 Å². The molecule has 10 heteroatoms. The van der Waals surface area contributed by atoms with E-state index in [2.05, 4.69) is 4.90 Å². The molecule has 2 aliphatic rings. The van der Waals surface area contributed by atoms with Crippen molar-refractivity contribution >= 4 is 34.7 Å². The first-order valence-corrected chi connectivity index (χ1v) is 11.0. The summed E-state index contributed by atoms with van der Waals surface area (Å²) in [6.45, 7) is 1.64. The number of halogens is 4. The van der Waals surface area contributed by atoms with Gasteiger partial charge in [0.2, 0.25) is 0 Å². The van der Waals surface area contributed by atoms with Crippen molar-refractivity contribution in [2.24, 2.45) is 5.73 Å². The normalized spacial score (nSPS) is 23.9. The van der Waals surface area contributed by atoms with Gasteiger partial charge in [0.05, 0.1) is 11.5 Å². The zero-order valence-electron chi connectivity index (χ0n) is 16.3. The molecule has 1 fully saturated rings. The Balaban J connectivity index is 0.00000160. The van der Waals surface area contributed by atoms with Crippen LogP contribution in [-0.2, 0) is 27.7 Å². The maximum atomic E-state index is 14.1. The average molecular weight is 481 g/mol. The lowest BCUT2D eigenvalue weighted by molar-refractivity contribution is -0.0531. The zero-order chi connectivity index (χ0) is 20.1. The number of fused-ring (bicyclic) bond motifs is 1. The van der Waals surface area contributed by atoms with Gasteiger partial charge in [-0.25, -0.2) is 17.2 Å². The van der Waals surface area contributed by atoms with E-state index in [-0.39, 0.29) is 36.4 Å². The van der Waals surface area contributed by atoms with Crippen molar-refractivity contribution in [1.29, 1.82) is 0 Å². The molecule has 0 aliphatic carbocycles. The van der Waals surface area contributed by atoms with Crippen LogP contribution in [0.3, 0.4) is 0 Å². The quantitative estimate of drug-likeness (QED) is 0.728. The monoisotopic (exact) mass is 480 g/mol. The van der Waals surface area contributed by atoms with Crippen molar-refractivity contribution in [3.05, 3.63) is 64.7 Å². The van der Waals surface area contributed by atoms with Crippen LogP contribution < -0.4 is 5.73 Å². The maximum absolute atomic E-state index is 14.1. The van der Waals surface area contributed by atoms with Gasteiger partial charge in [-0.05, 0) is 47.9 Å². The number of rotatable bonds is 3. The van der Waals surface area contributed by atoms with Gasteiger partial charge in [0, 0.05) is 37.0 Å². The Morgan fingerprint density at radius 3 is 2.43 bits per heavy atom. The smallest absolute Gasteiger partial charge is 0.175 e. The number of benzene rings is 2. The molecule has 166 valence electrons. The average Bonchev–Trinajstić information content (AvgIpc) is 3.06. The zero-order valence-corrected chi connectivity index (χ0v) is 18.7. The molecule has 2 aromatic rings. The predicted octanol–water partition coefficient (Wildman–Crippen LogP) is 3.39. The lowest BCUT2D eigenvalue weighted by Crippen LogP contribution is -2.47. The molecule has 4 rings (SSSR count). The fourth-order valence-electron chi connectivity index (χ4n) is 4.04. The second-order valence-electron chi connectivity index (χ2n) is 7.58. The first kappa shape index (κ1) is 25.0. The van der Waals surface area contributed by atoms with E-state index >= 15 is 0 Å². The first-order valence-electron chi connectivity index (χ1n) is 9.10. The van der Waals surface area contributed by atoms with Crippen LogP contribution >= 0.6 is 24.8 Å². The van der Waals surface area contributed by atoms with Crippen LogP contribution in [0.2, 0.25) is 0 Å². The number of hydrogen-bond donors (Lipinski definition) is 1. The Morgan fingerprint density at radius 2 is 1.77 bits per heavy atom. The molecule has 2 heterocycles. The van der Waals surface area contributed by atoms with Crippen molar-refractivity contribution in [3.63, 3.8) is 0 Å². The number of nitrogens with two attached hydrogens (primary N) is 1. The van der Waals surface area contributed by atoms with E-state index < -0.39 is 33.6 Å². The van der Waals surface area contributed by atoms with E-state index in [0.717, 1.165) is 29.3 Å². The highest BCUT2D eigenvalue weighted by Crippen LogP contribution is 2.34. The summed E-state index contributed by atoms with van der Waals surface area (Å²) in [7, 11) is -3.25. The molecule has 1 saturated heterocycles. The largest absolute Gasteiger partial charge is 0.370 e. The summed E-state index contributed by atoms with van der Waals surface area (Å²) in [6.07, 6.45) is 1.09. The number of sulfone groups is 1. The van der Waals surface area contributed by atoms with Crippen molar-refractivity contribution in [2.75, 3.05) is 12.9 Å². The highest BCUT2D eigenvalue weighted by atomic mass is 35.5. The Kier molecular flexibility index (Phi) is 7.88. The molecular formula is C20H24Cl2F2N2O3S. The number of ether oxygens (including phenoxy) is 1. The molecule has 0 radical (unpaired) electrons. The van der Waals surface area contributed by atoms with Crippen LogP contribution in [0.25, 0.3) is 0 Å². The van der Waals surface area contributed by atoms with E-state index in [1.807, 2.05) is 6.07 Å². The molecule has 30 heavy (non-hydrogen) atoms. The Labute approximate surface area is 187 Å². The topological polar surface area (TPSA) is 72.6 Å². The second kappa shape index (κ2) is 9.46. The molecule has 3 atom stereocenters. The van der Waals surface area contributed by atoms with Crippen molar-refractivity contribution < 1.29 is 21.9 Å². The SMILES string of the molecule is CS(=O)(=O)c1ccc2c(c1)CN(C1COC(c3cc(F)ccc3F)C(N)C1)C2.Cl.Cl. The van der Waals surface area contributed by atoms with Gasteiger partial charge < -0.3 is 10.5 Å². The second-order valence-corrected chi connectivity index (χ2v) is 9.60. The van der Waals surface area contributed by atoms with Crippen LogP contribution in [0.15, 0.2) is 41.3 Å². The molecular weight excluding hydrogens is 457 g/mol. The molecule has 0 aromatic heterocycles. The van der Waals surface area contributed by atoms with Crippen LogP contribution in [0, 0.1) is 11.6 Å². The van der Waals surface area contributed by atoms with E-state index in [1.165, 1.54) is 6.26 Å². The van der Waals surface area contributed by atoms with Crippen LogP contribution in [0.4, 0.5) is 8.78 Å². The Hall–Kier alpha value is -1.29. The first-order chi connectivity index (χ1) is 13.2. The highest BCUT2D eigenvalue weighted by Gasteiger charge is 2.36. The summed E-state index contributed by atoms with van der Waals surface area (Å²) < 4.78 is 57.0. The Morgan fingerprint density at radius 1 is 1.07 bits per heavy atom. The molecule has 2 N–H and O–H groups in total. The van der Waals surface area contributed by atoms with Gasteiger partial charge in [0.25, 0.3) is 0 Å². The van der Waals surface area contributed by atoms with Gasteiger partial charge in [0.15, 0.2) is 9.84 Å². The molecule has 5 nitrogen and oxygen atoms in total. The summed E-state index contributed by atoms with van der Waals surface area (Å²) >= 11 is 0. The molecule has 2 aromatic carbocycles. The van der Waals surface area contributed by atoms with Gasteiger partial charge >= 0.3 is 0 Å². The summed E-state index contributed by atoms with van der Waals surface area (Å²) in [5.41, 5.74) is 8.46. The van der Waals surface area contributed by atoms with Crippen LogP contribution in [0.5, 0.6) is 0 Å². The van der Waals surface area contributed by atoms with Gasteiger partial charge in [-0.15, -0.1) is 24.8 Å². The minimum absolute atomic E-state index is 0. The van der Waals surface area contributed by atoms with Gasteiger partial charge in [-0.3, -0.25) is 4.90 Å². The summed E-state index contributed by atoms with van der Waals surface area (Å²) in [6, 6.07) is 8.05. The standard InChI is InChI=1S/C20H22F2N2O3S.2ClH/c1-28(25,26)16-4-2-12-9-24(10-13(12)6-16)15-8-19(23)20(27-11-15)17-7-14(21)3-5-18(17)22;;/h2-7,15,19-20H,8-11,23H2,1H3;2*1H.